The average Bonchev–Trinajstić information content (AvgIpc) is 2.95. The molecule has 0 atom stereocenters. The van der Waals surface area contributed by atoms with Crippen LogP contribution in [0.4, 0.5) is 5.69 Å². The third-order valence-corrected chi connectivity index (χ3v) is 4.11. The molecule has 0 saturated carbocycles. The molecule has 0 spiro atoms. The molecule has 2 saturated heterocycles. The summed E-state index contributed by atoms with van der Waals surface area (Å²) in [4.78, 5) is 6.77. The van der Waals surface area contributed by atoms with Gasteiger partial charge in [-0.1, -0.05) is 11.6 Å². The Morgan fingerprint density at radius 2 is 2.05 bits per heavy atom. The van der Waals surface area contributed by atoms with E-state index in [0.717, 1.165) is 43.0 Å². The third-order valence-electron chi connectivity index (χ3n) is 3.91. The number of fused-ring (bicyclic) bond motifs is 1. The lowest BCUT2D eigenvalue weighted by molar-refractivity contribution is -0.0266. The normalized spacial score (nSPS) is 20.2. The summed E-state index contributed by atoms with van der Waals surface area (Å²) in [6.07, 6.45) is 4.28. The fourth-order valence-corrected chi connectivity index (χ4v) is 3.05. The van der Waals surface area contributed by atoms with Crippen molar-refractivity contribution in [1.82, 2.24) is 14.8 Å². The molecule has 19 heavy (non-hydrogen) atoms. The predicted octanol–water partition coefficient (Wildman–Crippen LogP) is 2.26. The lowest BCUT2D eigenvalue weighted by atomic mass is 10.2. The van der Waals surface area contributed by atoms with E-state index in [1.807, 2.05) is 6.07 Å². The zero-order chi connectivity index (χ0) is 12.8. The van der Waals surface area contributed by atoms with Crippen molar-refractivity contribution in [3.63, 3.8) is 0 Å². The van der Waals surface area contributed by atoms with Gasteiger partial charge >= 0.3 is 0 Å². The molecule has 0 N–H and O–H groups in total. The summed E-state index contributed by atoms with van der Waals surface area (Å²) < 4.78 is 7.33. The van der Waals surface area contributed by atoms with Crippen molar-refractivity contribution in [3.05, 3.63) is 17.4 Å². The van der Waals surface area contributed by atoms with Gasteiger partial charge < -0.3 is 9.64 Å². The minimum Gasteiger partial charge on any atom is -0.377 e. The Morgan fingerprint density at radius 1 is 1.26 bits per heavy atom. The highest BCUT2D eigenvalue weighted by molar-refractivity contribution is 6.30. The smallest absolute Gasteiger partial charge is 0.132 e. The second-order valence-electron chi connectivity index (χ2n) is 5.17. The second kappa shape index (κ2) is 4.35. The lowest BCUT2D eigenvalue weighted by Crippen LogP contribution is -2.32. The van der Waals surface area contributed by atoms with E-state index >= 15 is 0 Å². The van der Waals surface area contributed by atoms with Crippen molar-refractivity contribution in [2.45, 2.75) is 18.9 Å². The predicted molar refractivity (Wildman–Crippen MR) is 73.8 cm³/mol. The second-order valence-corrected chi connectivity index (χ2v) is 5.56. The van der Waals surface area contributed by atoms with Crippen molar-refractivity contribution < 1.29 is 4.74 Å². The molecule has 2 aromatic rings. The molecule has 0 aliphatic carbocycles. The van der Waals surface area contributed by atoms with Gasteiger partial charge in [0, 0.05) is 19.2 Å². The molecule has 4 rings (SSSR count). The number of aromatic nitrogens is 3. The number of halogens is 1. The van der Waals surface area contributed by atoms with Crippen LogP contribution in [0.1, 0.15) is 18.9 Å². The average molecular weight is 279 g/mol. The molecule has 2 aliphatic heterocycles. The lowest BCUT2D eigenvalue weighted by Gasteiger charge is -2.28. The van der Waals surface area contributed by atoms with Gasteiger partial charge in [0.2, 0.25) is 0 Å². The molecule has 2 aliphatic rings. The van der Waals surface area contributed by atoms with Crippen LogP contribution in [0.25, 0.3) is 11.0 Å². The van der Waals surface area contributed by atoms with Gasteiger partial charge in [-0.3, -0.25) is 4.68 Å². The fraction of sp³-hybridized carbons (Fsp3) is 0.538. The van der Waals surface area contributed by atoms with E-state index in [-0.39, 0.29) is 0 Å². The van der Waals surface area contributed by atoms with Gasteiger partial charge in [0.05, 0.1) is 31.1 Å². The maximum atomic E-state index is 6.14. The third kappa shape index (κ3) is 1.80. The summed E-state index contributed by atoms with van der Waals surface area (Å²) in [5.41, 5.74) is 3.14. The van der Waals surface area contributed by atoms with E-state index in [0.29, 0.717) is 11.2 Å². The van der Waals surface area contributed by atoms with E-state index in [2.05, 4.69) is 19.7 Å². The number of hydrogen-bond acceptors (Lipinski definition) is 4. The molecule has 4 heterocycles. The summed E-state index contributed by atoms with van der Waals surface area (Å²) in [6.45, 7) is 3.64. The van der Waals surface area contributed by atoms with Crippen LogP contribution in [0.5, 0.6) is 0 Å². The Balaban J connectivity index is 1.90. The molecular formula is C13H15ClN4O. The first-order valence-electron chi connectivity index (χ1n) is 6.69. The van der Waals surface area contributed by atoms with Gasteiger partial charge in [0.15, 0.2) is 0 Å². The molecule has 100 valence electrons. The SMILES string of the molecule is Clc1cc(N2CCCC2)c2c(cnn2C2COC2)n1. The van der Waals surface area contributed by atoms with Crippen molar-refractivity contribution in [3.8, 4) is 0 Å². The molecule has 0 unspecified atom stereocenters. The van der Waals surface area contributed by atoms with Gasteiger partial charge in [-0.15, -0.1) is 0 Å². The van der Waals surface area contributed by atoms with Crippen molar-refractivity contribution in [2.75, 3.05) is 31.2 Å². The Kier molecular flexibility index (Phi) is 2.63. The number of anilines is 1. The highest BCUT2D eigenvalue weighted by Gasteiger charge is 2.26. The number of nitrogens with zero attached hydrogens (tertiary/aromatic N) is 4. The number of ether oxygens (including phenoxy) is 1. The van der Waals surface area contributed by atoms with Crippen LogP contribution in [0.3, 0.4) is 0 Å². The Labute approximate surface area is 116 Å². The van der Waals surface area contributed by atoms with Gasteiger partial charge in [0.1, 0.15) is 16.2 Å². The standard InChI is InChI=1S/C13H15ClN4O/c14-12-5-11(17-3-1-2-4-17)13-10(16-12)6-15-18(13)9-7-19-8-9/h5-6,9H,1-4,7-8H2. The zero-order valence-electron chi connectivity index (χ0n) is 10.5. The van der Waals surface area contributed by atoms with Crippen molar-refractivity contribution >= 4 is 28.3 Å². The van der Waals surface area contributed by atoms with Crippen LogP contribution in [-0.2, 0) is 4.74 Å². The molecule has 5 nitrogen and oxygen atoms in total. The van der Waals surface area contributed by atoms with Gasteiger partial charge in [-0.2, -0.15) is 5.10 Å². The molecule has 0 bridgehead atoms. The Bertz CT molecular complexity index is 616. The van der Waals surface area contributed by atoms with E-state index in [1.54, 1.807) is 6.20 Å². The highest BCUT2D eigenvalue weighted by Crippen LogP contribution is 2.33. The topological polar surface area (TPSA) is 43.2 Å². The van der Waals surface area contributed by atoms with Crippen LogP contribution in [0, 0.1) is 0 Å². The van der Waals surface area contributed by atoms with Crippen LogP contribution < -0.4 is 4.90 Å². The number of pyridine rings is 1. The molecule has 6 heteroatoms. The van der Waals surface area contributed by atoms with Crippen LogP contribution >= 0.6 is 11.6 Å². The maximum Gasteiger partial charge on any atom is 0.132 e. The monoisotopic (exact) mass is 278 g/mol. The fourth-order valence-electron chi connectivity index (χ4n) is 2.85. The Hall–Kier alpha value is -1.33. The largest absolute Gasteiger partial charge is 0.377 e. The van der Waals surface area contributed by atoms with Gasteiger partial charge in [-0.25, -0.2) is 4.98 Å². The van der Waals surface area contributed by atoms with E-state index in [1.165, 1.54) is 12.8 Å². The van der Waals surface area contributed by atoms with Gasteiger partial charge in [0.25, 0.3) is 0 Å². The highest BCUT2D eigenvalue weighted by atomic mass is 35.5. The molecule has 2 fully saturated rings. The van der Waals surface area contributed by atoms with Crippen LogP contribution in [0.2, 0.25) is 5.15 Å². The summed E-state index contributed by atoms with van der Waals surface area (Å²) in [7, 11) is 0. The first kappa shape index (κ1) is 11.5. The minimum atomic E-state index is 0.335. The molecular weight excluding hydrogens is 264 g/mol. The quantitative estimate of drug-likeness (QED) is 0.791. The van der Waals surface area contributed by atoms with Crippen LogP contribution in [-0.4, -0.2) is 41.1 Å². The molecule has 0 radical (unpaired) electrons. The Morgan fingerprint density at radius 3 is 2.74 bits per heavy atom. The number of rotatable bonds is 2. The summed E-state index contributed by atoms with van der Waals surface area (Å²) in [5.74, 6) is 0. The van der Waals surface area contributed by atoms with Crippen molar-refractivity contribution in [1.29, 1.82) is 0 Å². The first-order chi connectivity index (χ1) is 9.33. The minimum absolute atomic E-state index is 0.335. The zero-order valence-corrected chi connectivity index (χ0v) is 11.3. The van der Waals surface area contributed by atoms with Gasteiger partial charge in [-0.05, 0) is 12.8 Å². The summed E-state index contributed by atoms with van der Waals surface area (Å²) in [6, 6.07) is 2.30. The van der Waals surface area contributed by atoms with E-state index in [4.69, 9.17) is 16.3 Å². The van der Waals surface area contributed by atoms with Crippen molar-refractivity contribution in [2.24, 2.45) is 0 Å². The maximum absolute atomic E-state index is 6.14. The van der Waals surface area contributed by atoms with Crippen LogP contribution in [0.15, 0.2) is 12.3 Å². The summed E-state index contributed by atoms with van der Waals surface area (Å²) >= 11 is 6.14. The summed E-state index contributed by atoms with van der Waals surface area (Å²) in [5, 5.41) is 5.02. The number of hydrogen-bond donors (Lipinski definition) is 0. The van der Waals surface area contributed by atoms with E-state index < -0.39 is 0 Å². The molecule has 2 aromatic heterocycles. The first-order valence-corrected chi connectivity index (χ1v) is 7.07. The molecule has 0 amide bonds. The van der Waals surface area contributed by atoms with E-state index in [9.17, 15) is 0 Å². The molecule has 0 aromatic carbocycles.